The summed E-state index contributed by atoms with van der Waals surface area (Å²) in [4.78, 5) is 0. The molecule has 18 heavy (non-hydrogen) atoms. The molecule has 0 amide bonds. The van der Waals surface area contributed by atoms with E-state index in [0.717, 1.165) is 24.3 Å². The van der Waals surface area contributed by atoms with Crippen molar-refractivity contribution in [2.75, 3.05) is 13.1 Å². The minimum Gasteiger partial charge on any atom is -0.464 e. The van der Waals surface area contributed by atoms with Crippen molar-refractivity contribution in [2.24, 2.45) is 0 Å². The molecule has 1 aliphatic rings. The van der Waals surface area contributed by atoms with Crippen LogP contribution in [0.3, 0.4) is 0 Å². The molecule has 0 radical (unpaired) electrons. The molecule has 0 bridgehead atoms. The highest BCUT2D eigenvalue weighted by atomic mass is 16.3. The van der Waals surface area contributed by atoms with Crippen molar-refractivity contribution in [2.45, 2.75) is 19.3 Å². The molecule has 3 heterocycles. The largest absolute Gasteiger partial charge is 0.464 e. The lowest BCUT2D eigenvalue weighted by Gasteiger charge is -2.12. The fourth-order valence-electron chi connectivity index (χ4n) is 3.18. The quantitative estimate of drug-likeness (QED) is 0.708. The average molecular weight is 241 g/mol. The Labute approximate surface area is 105 Å². The molecule has 1 fully saturated rings. The highest BCUT2D eigenvalue weighted by molar-refractivity contribution is 6.01. The summed E-state index contributed by atoms with van der Waals surface area (Å²) in [6.07, 6.45) is 4.73. The van der Waals surface area contributed by atoms with Crippen LogP contribution in [0, 0.1) is 6.92 Å². The first-order valence-electron chi connectivity index (χ1n) is 6.44. The molecule has 1 aliphatic heterocycles. The van der Waals surface area contributed by atoms with Gasteiger partial charge in [-0.25, -0.2) is 0 Å². The van der Waals surface area contributed by atoms with Crippen LogP contribution in [0.1, 0.15) is 23.5 Å². The van der Waals surface area contributed by atoms with Gasteiger partial charge in [0, 0.05) is 34.4 Å². The van der Waals surface area contributed by atoms with Crippen molar-refractivity contribution in [3.8, 4) is 0 Å². The molecule has 92 valence electrons. The van der Waals surface area contributed by atoms with Gasteiger partial charge in [0.1, 0.15) is 11.2 Å². The lowest BCUT2D eigenvalue weighted by atomic mass is 9.91. The fraction of sp³-hybridized carbons (Fsp3) is 0.333. The number of rotatable bonds is 1. The smallest absolute Gasteiger partial charge is 0.138 e. The Morgan fingerprint density at radius 3 is 2.67 bits per heavy atom. The maximum atomic E-state index is 5.75. The Hall–Kier alpha value is -1.74. The lowest BCUT2D eigenvalue weighted by Crippen LogP contribution is -2.08. The SMILES string of the molecule is Cc1c2ccoc2c(C2CCNC2)c2ccoc12. The third-order valence-corrected chi connectivity index (χ3v) is 4.08. The van der Waals surface area contributed by atoms with Crippen LogP contribution in [0.5, 0.6) is 0 Å². The van der Waals surface area contributed by atoms with Crippen LogP contribution in [0.25, 0.3) is 21.9 Å². The molecule has 1 N–H and O–H groups in total. The van der Waals surface area contributed by atoms with E-state index in [1.807, 2.05) is 6.07 Å². The molecule has 4 rings (SSSR count). The minimum atomic E-state index is 0.527. The van der Waals surface area contributed by atoms with Gasteiger partial charge in [0.05, 0.1) is 12.5 Å². The Kier molecular flexibility index (Phi) is 2.06. The number of benzene rings is 1. The second-order valence-corrected chi connectivity index (χ2v) is 5.06. The highest BCUT2D eigenvalue weighted by Gasteiger charge is 2.25. The summed E-state index contributed by atoms with van der Waals surface area (Å²) >= 11 is 0. The number of aryl methyl sites for hydroxylation is 1. The zero-order chi connectivity index (χ0) is 12.1. The van der Waals surface area contributed by atoms with Crippen molar-refractivity contribution in [3.63, 3.8) is 0 Å². The second-order valence-electron chi connectivity index (χ2n) is 5.06. The van der Waals surface area contributed by atoms with Gasteiger partial charge in [-0.2, -0.15) is 0 Å². The number of nitrogens with one attached hydrogen (secondary N) is 1. The average Bonchev–Trinajstić information content (AvgIpc) is 3.11. The van der Waals surface area contributed by atoms with E-state index in [1.54, 1.807) is 12.5 Å². The molecule has 3 aromatic rings. The molecule has 0 aliphatic carbocycles. The number of hydrogen-bond donors (Lipinski definition) is 1. The van der Waals surface area contributed by atoms with Crippen LogP contribution >= 0.6 is 0 Å². The van der Waals surface area contributed by atoms with Crippen LogP contribution in [-0.2, 0) is 0 Å². The third-order valence-electron chi connectivity index (χ3n) is 4.08. The number of furan rings is 2. The number of hydrogen-bond acceptors (Lipinski definition) is 3. The second kappa shape index (κ2) is 3.62. The summed E-state index contributed by atoms with van der Waals surface area (Å²) in [6.45, 7) is 4.21. The van der Waals surface area contributed by atoms with E-state index in [9.17, 15) is 0 Å². The zero-order valence-corrected chi connectivity index (χ0v) is 10.3. The van der Waals surface area contributed by atoms with E-state index in [2.05, 4.69) is 18.3 Å². The van der Waals surface area contributed by atoms with Crippen LogP contribution < -0.4 is 5.32 Å². The van der Waals surface area contributed by atoms with Gasteiger partial charge in [-0.05, 0) is 32.0 Å². The van der Waals surface area contributed by atoms with E-state index in [1.165, 1.54) is 28.3 Å². The summed E-state index contributed by atoms with van der Waals surface area (Å²) in [6, 6.07) is 4.11. The van der Waals surface area contributed by atoms with E-state index >= 15 is 0 Å². The van der Waals surface area contributed by atoms with Crippen molar-refractivity contribution >= 4 is 21.9 Å². The van der Waals surface area contributed by atoms with Gasteiger partial charge in [-0.15, -0.1) is 0 Å². The van der Waals surface area contributed by atoms with Crippen molar-refractivity contribution in [3.05, 3.63) is 35.8 Å². The van der Waals surface area contributed by atoms with Crippen LogP contribution in [0.2, 0.25) is 0 Å². The van der Waals surface area contributed by atoms with Gasteiger partial charge >= 0.3 is 0 Å². The predicted molar refractivity (Wildman–Crippen MR) is 71.0 cm³/mol. The van der Waals surface area contributed by atoms with Gasteiger partial charge in [0.2, 0.25) is 0 Å². The molecule has 0 saturated carbocycles. The Morgan fingerprint density at radius 2 is 1.89 bits per heavy atom. The summed E-state index contributed by atoms with van der Waals surface area (Å²) in [7, 11) is 0. The van der Waals surface area contributed by atoms with Crippen molar-refractivity contribution < 1.29 is 8.83 Å². The summed E-state index contributed by atoms with van der Waals surface area (Å²) in [5, 5.41) is 5.82. The molecule has 1 saturated heterocycles. The maximum absolute atomic E-state index is 5.75. The fourth-order valence-corrected chi connectivity index (χ4v) is 3.18. The Bertz CT molecular complexity index is 665. The highest BCUT2D eigenvalue weighted by Crippen LogP contribution is 2.39. The molecule has 3 heteroatoms. The zero-order valence-electron chi connectivity index (χ0n) is 10.3. The lowest BCUT2D eigenvalue weighted by molar-refractivity contribution is 0.602. The first kappa shape index (κ1) is 10.2. The monoisotopic (exact) mass is 241 g/mol. The van der Waals surface area contributed by atoms with E-state index in [0.29, 0.717) is 5.92 Å². The predicted octanol–water partition coefficient (Wildman–Crippen LogP) is 3.56. The molecule has 1 atom stereocenters. The van der Waals surface area contributed by atoms with Crippen LogP contribution in [0.15, 0.2) is 33.5 Å². The Morgan fingerprint density at radius 1 is 1.11 bits per heavy atom. The Balaban J connectivity index is 2.14. The topological polar surface area (TPSA) is 38.3 Å². The molecule has 1 aromatic carbocycles. The van der Waals surface area contributed by atoms with Crippen LogP contribution in [0.4, 0.5) is 0 Å². The molecule has 1 unspecified atom stereocenters. The van der Waals surface area contributed by atoms with Crippen molar-refractivity contribution in [1.29, 1.82) is 0 Å². The first-order chi connectivity index (χ1) is 8.86. The van der Waals surface area contributed by atoms with Crippen molar-refractivity contribution in [1.82, 2.24) is 5.32 Å². The summed E-state index contributed by atoms with van der Waals surface area (Å²) < 4.78 is 11.4. The van der Waals surface area contributed by atoms with Gasteiger partial charge in [-0.3, -0.25) is 0 Å². The first-order valence-corrected chi connectivity index (χ1v) is 6.44. The van der Waals surface area contributed by atoms with Gasteiger partial charge in [0.25, 0.3) is 0 Å². The maximum Gasteiger partial charge on any atom is 0.138 e. The van der Waals surface area contributed by atoms with Gasteiger partial charge in [-0.1, -0.05) is 0 Å². The molecule has 3 nitrogen and oxygen atoms in total. The normalized spacial score (nSPS) is 20.2. The molecular weight excluding hydrogens is 226 g/mol. The van der Waals surface area contributed by atoms with E-state index in [-0.39, 0.29) is 0 Å². The minimum absolute atomic E-state index is 0.527. The van der Waals surface area contributed by atoms with Gasteiger partial charge < -0.3 is 14.2 Å². The third kappa shape index (κ3) is 1.22. The number of fused-ring (bicyclic) bond motifs is 2. The van der Waals surface area contributed by atoms with E-state index in [4.69, 9.17) is 8.83 Å². The van der Waals surface area contributed by atoms with Gasteiger partial charge in [0.15, 0.2) is 0 Å². The molecule has 0 spiro atoms. The van der Waals surface area contributed by atoms with E-state index < -0.39 is 0 Å². The standard InChI is InChI=1S/C15H15NO2/c1-9-11-3-6-18-15(11)13(10-2-5-16-8-10)12-4-7-17-14(9)12/h3-4,6-7,10,16H,2,5,8H2,1H3. The molecular formula is C15H15NO2. The summed E-state index contributed by atoms with van der Waals surface area (Å²) in [5.74, 6) is 0.527. The molecule has 2 aromatic heterocycles. The summed E-state index contributed by atoms with van der Waals surface area (Å²) in [5.41, 5.74) is 4.53. The van der Waals surface area contributed by atoms with Crippen LogP contribution in [-0.4, -0.2) is 13.1 Å².